The van der Waals surface area contributed by atoms with E-state index in [9.17, 15) is 4.79 Å². The van der Waals surface area contributed by atoms with Gasteiger partial charge < -0.3 is 5.11 Å². The Bertz CT molecular complexity index is 806. The second-order valence-corrected chi connectivity index (χ2v) is 4.29. The molecule has 1 heterocycles. The number of pyridine rings is 1. The van der Waals surface area contributed by atoms with Gasteiger partial charge in [-0.3, -0.25) is 4.98 Å². The summed E-state index contributed by atoms with van der Waals surface area (Å²) in [4.78, 5) is 15.0. The van der Waals surface area contributed by atoms with Crippen molar-refractivity contribution in [1.29, 1.82) is 0 Å². The Hall–Kier alpha value is -2.68. The SMILES string of the molecule is O=C(O)/C=C/c1ccc2ncc3ccccc3c2c1. The highest BCUT2D eigenvalue weighted by Crippen LogP contribution is 2.24. The van der Waals surface area contributed by atoms with Crippen molar-refractivity contribution >= 4 is 33.7 Å². The van der Waals surface area contributed by atoms with E-state index in [1.807, 2.05) is 48.7 Å². The molecule has 3 aromatic rings. The molecule has 0 unspecified atom stereocenters. The smallest absolute Gasteiger partial charge is 0.328 e. The van der Waals surface area contributed by atoms with Crippen LogP contribution in [-0.4, -0.2) is 16.1 Å². The molecule has 0 aliphatic heterocycles. The van der Waals surface area contributed by atoms with E-state index < -0.39 is 5.97 Å². The van der Waals surface area contributed by atoms with E-state index in [2.05, 4.69) is 4.98 Å². The molecule has 0 spiro atoms. The second-order valence-electron chi connectivity index (χ2n) is 4.29. The van der Waals surface area contributed by atoms with Crippen molar-refractivity contribution in [1.82, 2.24) is 4.98 Å². The molecule has 92 valence electrons. The maximum atomic E-state index is 10.5. The van der Waals surface area contributed by atoms with Crippen LogP contribution in [0.4, 0.5) is 0 Å². The third kappa shape index (κ3) is 2.18. The first-order chi connectivity index (χ1) is 9.24. The lowest BCUT2D eigenvalue weighted by molar-refractivity contribution is -0.131. The topological polar surface area (TPSA) is 50.2 Å². The van der Waals surface area contributed by atoms with Gasteiger partial charge in [-0.1, -0.05) is 30.3 Å². The van der Waals surface area contributed by atoms with Crippen LogP contribution in [0.1, 0.15) is 5.56 Å². The average molecular weight is 249 g/mol. The largest absolute Gasteiger partial charge is 0.478 e. The molecule has 0 saturated heterocycles. The van der Waals surface area contributed by atoms with Crippen LogP contribution < -0.4 is 0 Å². The van der Waals surface area contributed by atoms with E-state index in [1.54, 1.807) is 6.08 Å². The zero-order chi connectivity index (χ0) is 13.2. The molecular formula is C16H11NO2. The number of hydrogen-bond acceptors (Lipinski definition) is 2. The highest BCUT2D eigenvalue weighted by Gasteiger charge is 2.01. The molecule has 1 aromatic heterocycles. The Morgan fingerprint density at radius 1 is 1.11 bits per heavy atom. The molecular weight excluding hydrogens is 238 g/mol. The van der Waals surface area contributed by atoms with Crippen molar-refractivity contribution in [3.63, 3.8) is 0 Å². The van der Waals surface area contributed by atoms with Gasteiger partial charge in [0.2, 0.25) is 0 Å². The standard InChI is InChI=1S/C16H11NO2/c18-16(19)8-6-11-5-7-15-14(9-11)13-4-2-1-3-12(13)10-17-15/h1-10H,(H,18,19)/b8-6+. The fourth-order valence-electron chi connectivity index (χ4n) is 2.15. The van der Waals surface area contributed by atoms with Gasteiger partial charge in [-0.25, -0.2) is 4.79 Å². The van der Waals surface area contributed by atoms with E-state index in [1.165, 1.54) is 0 Å². The molecule has 0 saturated carbocycles. The van der Waals surface area contributed by atoms with Gasteiger partial charge in [0.1, 0.15) is 0 Å². The third-order valence-corrected chi connectivity index (χ3v) is 3.03. The summed E-state index contributed by atoms with van der Waals surface area (Å²) in [7, 11) is 0. The summed E-state index contributed by atoms with van der Waals surface area (Å²) >= 11 is 0. The normalized spacial score (nSPS) is 11.4. The number of carboxylic acids is 1. The van der Waals surface area contributed by atoms with Gasteiger partial charge in [-0.2, -0.15) is 0 Å². The van der Waals surface area contributed by atoms with Crippen molar-refractivity contribution in [2.45, 2.75) is 0 Å². The quantitative estimate of drug-likeness (QED) is 0.558. The van der Waals surface area contributed by atoms with Gasteiger partial charge in [0.05, 0.1) is 5.52 Å². The highest BCUT2D eigenvalue weighted by molar-refractivity contribution is 6.06. The molecule has 0 amide bonds. The first kappa shape index (κ1) is 11.4. The Morgan fingerprint density at radius 2 is 1.95 bits per heavy atom. The minimum Gasteiger partial charge on any atom is -0.478 e. The van der Waals surface area contributed by atoms with Gasteiger partial charge in [-0.05, 0) is 29.2 Å². The van der Waals surface area contributed by atoms with Gasteiger partial charge in [0.25, 0.3) is 0 Å². The van der Waals surface area contributed by atoms with Crippen LogP contribution in [0, 0.1) is 0 Å². The summed E-state index contributed by atoms with van der Waals surface area (Å²) in [6.45, 7) is 0. The second kappa shape index (κ2) is 4.53. The molecule has 0 aliphatic carbocycles. The Balaban J connectivity index is 2.25. The first-order valence-corrected chi connectivity index (χ1v) is 5.92. The number of aliphatic carboxylic acids is 1. The molecule has 19 heavy (non-hydrogen) atoms. The molecule has 3 rings (SSSR count). The minimum absolute atomic E-state index is 0.855. The summed E-state index contributed by atoms with van der Waals surface area (Å²) in [5, 5.41) is 11.9. The van der Waals surface area contributed by atoms with Crippen LogP contribution >= 0.6 is 0 Å². The Morgan fingerprint density at radius 3 is 2.79 bits per heavy atom. The molecule has 0 fully saturated rings. The van der Waals surface area contributed by atoms with Crippen molar-refractivity contribution in [2.24, 2.45) is 0 Å². The maximum Gasteiger partial charge on any atom is 0.328 e. The van der Waals surface area contributed by atoms with E-state index >= 15 is 0 Å². The molecule has 0 atom stereocenters. The average Bonchev–Trinajstić information content (AvgIpc) is 2.44. The minimum atomic E-state index is -0.948. The summed E-state index contributed by atoms with van der Waals surface area (Å²) in [5.74, 6) is -0.948. The van der Waals surface area contributed by atoms with Gasteiger partial charge >= 0.3 is 5.97 Å². The summed E-state index contributed by atoms with van der Waals surface area (Å²) < 4.78 is 0. The number of rotatable bonds is 2. The number of carboxylic acid groups (broad SMARTS) is 1. The van der Waals surface area contributed by atoms with Crippen LogP contribution in [0.15, 0.2) is 54.7 Å². The molecule has 1 N–H and O–H groups in total. The number of aromatic nitrogens is 1. The summed E-state index contributed by atoms with van der Waals surface area (Å²) in [6, 6.07) is 13.8. The third-order valence-electron chi connectivity index (χ3n) is 3.03. The highest BCUT2D eigenvalue weighted by atomic mass is 16.4. The van der Waals surface area contributed by atoms with Crippen molar-refractivity contribution in [3.8, 4) is 0 Å². The Labute approximate surface area is 109 Å². The van der Waals surface area contributed by atoms with Crippen molar-refractivity contribution < 1.29 is 9.90 Å². The monoisotopic (exact) mass is 249 g/mol. The summed E-state index contributed by atoms with van der Waals surface area (Å²) in [5.41, 5.74) is 1.76. The van der Waals surface area contributed by atoms with Crippen molar-refractivity contribution in [3.05, 3.63) is 60.3 Å². The number of fused-ring (bicyclic) bond motifs is 3. The predicted molar refractivity (Wildman–Crippen MR) is 75.9 cm³/mol. The Kier molecular flexibility index (Phi) is 2.72. The number of carbonyl (C=O) groups is 1. The number of nitrogens with zero attached hydrogens (tertiary/aromatic N) is 1. The molecule has 2 aromatic carbocycles. The van der Waals surface area contributed by atoms with E-state index in [4.69, 9.17) is 5.11 Å². The lowest BCUT2D eigenvalue weighted by Gasteiger charge is -2.04. The number of benzene rings is 2. The van der Waals surface area contributed by atoms with Crippen LogP contribution in [0.25, 0.3) is 27.8 Å². The molecule has 0 radical (unpaired) electrons. The summed E-state index contributed by atoms with van der Waals surface area (Å²) in [6.07, 6.45) is 4.58. The fourth-order valence-corrected chi connectivity index (χ4v) is 2.15. The zero-order valence-corrected chi connectivity index (χ0v) is 10.1. The van der Waals surface area contributed by atoms with Gasteiger partial charge in [0, 0.05) is 23.0 Å². The molecule has 0 aliphatic rings. The molecule has 3 heteroatoms. The van der Waals surface area contributed by atoms with Crippen molar-refractivity contribution in [2.75, 3.05) is 0 Å². The first-order valence-electron chi connectivity index (χ1n) is 5.92. The van der Waals surface area contributed by atoms with Crippen LogP contribution in [-0.2, 0) is 4.79 Å². The predicted octanol–water partition coefficient (Wildman–Crippen LogP) is 3.49. The van der Waals surface area contributed by atoms with Gasteiger partial charge in [-0.15, -0.1) is 0 Å². The van der Waals surface area contributed by atoms with E-state index in [0.717, 1.165) is 33.3 Å². The maximum absolute atomic E-state index is 10.5. The van der Waals surface area contributed by atoms with Crippen LogP contribution in [0.5, 0.6) is 0 Å². The number of hydrogen-bond donors (Lipinski definition) is 1. The zero-order valence-electron chi connectivity index (χ0n) is 10.1. The lowest BCUT2D eigenvalue weighted by Crippen LogP contribution is -1.86. The lowest BCUT2D eigenvalue weighted by atomic mass is 10.0. The molecule has 0 bridgehead atoms. The fraction of sp³-hybridized carbons (Fsp3) is 0. The van der Waals surface area contributed by atoms with Crippen LogP contribution in [0.2, 0.25) is 0 Å². The van der Waals surface area contributed by atoms with Crippen LogP contribution in [0.3, 0.4) is 0 Å². The van der Waals surface area contributed by atoms with E-state index in [-0.39, 0.29) is 0 Å². The van der Waals surface area contributed by atoms with Gasteiger partial charge in [0.15, 0.2) is 0 Å². The van der Waals surface area contributed by atoms with E-state index in [0.29, 0.717) is 0 Å². The molecule has 3 nitrogen and oxygen atoms in total.